The lowest BCUT2D eigenvalue weighted by Crippen LogP contribution is -2.07. The van der Waals surface area contributed by atoms with Crippen LogP contribution in [0.15, 0.2) is 51.9 Å². The van der Waals surface area contributed by atoms with Crippen molar-refractivity contribution in [1.82, 2.24) is 9.97 Å². The summed E-state index contributed by atoms with van der Waals surface area (Å²) in [6.07, 6.45) is 1.10. The third-order valence-corrected chi connectivity index (χ3v) is 2.60. The molecule has 1 aromatic carbocycles. The van der Waals surface area contributed by atoms with Gasteiger partial charge in [0.15, 0.2) is 0 Å². The number of H-pyrrole nitrogens is 1. The highest BCUT2D eigenvalue weighted by Crippen LogP contribution is 2.13. The molecule has 0 fully saturated rings. The highest BCUT2D eigenvalue weighted by Gasteiger charge is 2.13. The fourth-order valence-electron chi connectivity index (χ4n) is 1.72. The van der Waals surface area contributed by atoms with Crippen LogP contribution in [-0.4, -0.2) is 15.8 Å². The lowest BCUT2D eigenvalue weighted by atomic mass is 10.1. The average molecular weight is 240 g/mol. The van der Waals surface area contributed by atoms with Gasteiger partial charge in [0.25, 0.3) is 0 Å². The van der Waals surface area contributed by atoms with Crippen LogP contribution in [0.3, 0.4) is 0 Å². The Kier molecular flexibility index (Phi) is 2.30. The van der Waals surface area contributed by atoms with Crippen molar-refractivity contribution in [3.63, 3.8) is 0 Å². The quantitative estimate of drug-likeness (QED) is 0.692. The molecule has 0 aliphatic rings. The van der Waals surface area contributed by atoms with E-state index in [2.05, 4.69) is 14.4 Å². The maximum atomic E-state index is 12.0. The van der Waals surface area contributed by atoms with Gasteiger partial charge in [-0.2, -0.15) is 0 Å². The number of hydrogen-bond acceptors (Lipinski definition) is 4. The zero-order valence-electron chi connectivity index (χ0n) is 9.21. The van der Waals surface area contributed by atoms with Crippen LogP contribution < -0.4 is 5.76 Å². The molecule has 0 atom stereocenters. The van der Waals surface area contributed by atoms with Crippen molar-refractivity contribution in [1.29, 1.82) is 0 Å². The van der Waals surface area contributed by atoms with Crippen LogP contribution in [0.4, 0.5) is 0 Å². The summed E-state index contributed by atoms with van der Waals surface area (Å²) in [6.45, 7) is 0. The van der Waals surface area contributed by atoms with E-state index < -0.39 is 5.76 Å². The van der Waals surface area contributed by atoms with Crippen molar-refractivity contribution in [2.45, 2.75) is 0 Å². The van der Waals surface area contributed by atoms with Crippen molar-refractivity contribution >= 4 is 16.7 Å². The maximum absolute atomic E-state index is 12.0. The number of aromatic amines is 1. The Bertz CT molecular complexity index is 786. The zero-order chi connectivity index (χ0) is 12.5. The largest absolute Gasteiger partial charge is 0.416 e. The third-order valence-electron chi connectivity index (χ3n) is 2.60. The predicted octanol–water partition coefficient (Wildman–Crippen LogP) is 1.75. The fraction of sp³-hybridized carbons (Fsp3) is 0. The first-order valence-electron chi connectivity index (χ1n) is 5.32. The third kappa shape index (κ3) is 1.71. The van der Waals surface area contributed by atoms with Gasteiger partial charge in [-0.1, -0.05) is 24.3 Å². The molecule has 0 radical (unpaired) electrons. The SMILES string of the molecule is O=C(c1ccc2ccccc2n1)c1coc(=O)[nH]1. The molecule has 0 saturated carbocycles. The molecule has 5 heteroatoms. The monoisotopic (exact) mass is 240 g/mol. The molecule has 2 aromatic heterocycles. The van der Waals surface area contributed by atoms with E-state index in [-0.39, 0.29) is 17.2 Å². The Morgan fingerprint density at radius 3 is 2.78 bits per heavy atom. The Morgan fingerprint density at radius 2 is 2.00 bits per heavy atom. The molecule has 0 unspecified atom stereocenters. The predicted molar refractivity (Wildman–Crippen MR) is 64.5 cm³/mol. The average Bonchev–Trinajstić information content (AvgIpc) is 2.84. The number of nitrogens with zero attached hydrogens (tertiary/aromatic N) is 1. The van der Waals surface area contributed by atoms with Crippen molar-refractivity contribution in [2.75, 3.05) is 0 Å². The number of benzene rings is 1. The number of rotatable bonds is 2. The smallest absolute Gasteiger partial charge is 0.416 e. The van der Waals surface area contributed by atoms with Crippen LogP contribution in [-0.2, 0) is 0 Å². The summed E-state index contributed by atoms with van der Waals surface area (Å²) >= 11 is 0. The van der Waals surface area contributed by atoms with Crippen molar-refractivity contribution in [3.8, 4) is 0 Å². The number of carbonyl (C=O) groups is 1. The van der Waals surface area contributed by atoms with Crippen LogP contribution in [0.2, 0.25) is 0 Å². The Labute approximate surface area is 101 Å². The lowest BCUT2D eigenvalue weighted by Gasteiger charge is -2.00. The van der Waals surface area contributed by atoms with E-state index >= 15 is 0 Å². The summed E-state index contributed by atoms with van der Waals surface area (Å²) in [4.78, 5) is 29.4. The van der Waals surface area contributed by atoms with Gasteiger partial charge in [-0.25, -0.2) is 9.78 Å². The number of carbonyl (C=O) groups excluding carboxylic acids is 1. The molecule has 0 bridgehead atoms. The number of para-hydroxylation sites is 1. The van der Waals surface area contributed by atoms with E-state index in [1.165, 1.54) is 0 Å². The molecule has 0 amide bonds. The minimum absolute atomic E-state index is 0.0998. The molecule has 0 aliphatic heterocycles. The summed E-state index contributed by atoms with van der Waals surface area (Å²) in [5, 5.41) is 0.953. The summed E-state index contributed by atoms with van der Waals surface area (Å²) in [5.41, 5.74) is 1.10. The maximum Gasteiger partial charge on any atom is 0.416 e. The summed E-state index contributed by atoms with van der Waals surface area (Å²) in [5.74, 6) is -1.02. The Balaban J connectivity index is 2.09. The summed E-state index contributed by atoms with van der Waals surface area (Å²) in [6, 6.07) is 10.9. The standard InChI is InChI=1S/C13H8N2O3/c16-12(11-7-18-13(17)15-11)10-6-5-8-3-1-2-4-9(8)14-10/h1-7H,(H,15,17). The van der Waals surface area contributed by atoms with Crippen LogP contribution in [0.5, 0.6) is 0 Å². The van der Waals surface area contributed by atoms with E-state index in [4.69, 9.17) is 0 Å². The van der Waals surface area contributed by atoms with Crippen LogP contribution in [0, 0.1) is 0 Å². The van der Waals surface area contributed by atoms with E-state index in [0.29, 0.717) is 0 Å². The number of nitrogens with one attached hydrogen (secondary N) is 1. The molecule has 0 aliphatic carbocycles. The highest BCUT2D eigenvalue weighted by molar-refractivity contribution is 6.07. The van der Waals surface area contributed by atoms with Gasteiger partial charge in [-0.3, -0.25) is 9.78 Å². The number of pyridine rings is 1. The first-order valence-corrected chi connectivity index (χ1v) is 5.32. The molecule has 3 rings (SSSR count). The number of aromatic nitrogens is 2. The van der Waals surface area contributed by atoms with Gasteiger partial charge in [-0.15, -0.1) is 0 Å². The second kappa shape index (κ2) is 3.96. The molecular weight excluding hydrogens is 232 g/mol. The molecule has 18 heavy (non-hydrogen) atoms. The highest BCUT2D eigenvalue weighted by atomic mass is 16.4. The Hall–Kier alpha value is -2.69. The molecule has 5 nitrogen and oxygen atoms in total. The van der Waals surface area contributed by atoms with Gasteiger partial charge >= 0.3 is 5.76 Å². The van der Waals surface area contributed by atoms with Gasteiger partial charge in [0.05, 0.1) is 5.52 Å². The summed E-state index contributed by atoms with van der Waals surface area (Å²) in [7, 11) is 0. The minimum atomic E-state index is -0.654. The molecule has 88 valence electrons. The van der Waals surface area contributed by atoms with Crippen LogP contribution >= 0.6 is 0 Å². The van der Waals surface area contributed by atoms with Crippen molar-refractivity contribution in [2.24, 2.45) is 0 Å². The van der Waals surface area contributed by atoms with Gasteiger partial charge in [-0.05, 0) is 12.1 Å². The zero-order valence-corrected chi connectivity index (χ0v) is 9.21. The molecule has 1 N–H and O–H groups in total. The number of fused-ring (bicyclic) bond motifs is 1. The topological polar surface area (TPSA) is 76.0 Å². The van der Waals surface area contributed by atoms with Crippen molar-refractivity contribution < 1.29 is 9.21 Å². The van der Waals surface area contributed by atoms with E-state index in [9.17, 15) is 9.59 Å². The first kappa shape index (κ1) is 10.5. The van der Waals surface area contributed by atoms with Crippen LogP contribution in [0.25, 0.3) is 10.9 Å². The first-order chi connectivity index (χ1) is 8.74. The van der Waals surface area contributed by atoms with Gasteiger partial charge in [0, 0.05) is 5.39 Å². The molecule has 0 saturated heterocycles. The normalized spacial score (nSPS) is 10.7. The van der Waals surface area contributed by atoms with E-state index in [0.717, 1.165) is 17.2 Å². The molecule has 3 aromatic rings. The van der Waals surface area contributed by atoms with Gasteiger partial charge in [0.2, 0.25) is 5.78 Å². The molecule has 2 heterocycles. The lowest BCUT2D eigenvalue weighted by molar-refractivity contribution is 0.103. The van der Waals surface area contributed by atoms with Crippen LogP contribution in [0.1, 0.15) is 16.2 Å². The molecular formula is C13H8N2O3. The summed E-state index contributed by atoms with van der Waals surface area (Å²) < 4.78 is 4.53. The number of oxazole rings is 1. The van der Waals surface area contributed by atoms with Crippen molar-refractivity contribution in [3.05, 3.63) is 64.6 Å². The Morgan fingerprint density at radius 1 is 1.17 bits per heavy atom. The second-order valence-corrected chi connectivity index (χ2v) is 3.78. The van der Waals surface area contributed by atoms with Gasteiger partial charge < -0.3 is 4.42 Å². The number of ketones is 1. The number of hydrogen-bond donors (Lipinski definition) is 1. The fourth-order valence-corrected chi connectivity index (χ4v) is 1.72. The van der Waals surface area contributed by atoms with E-state index in [1.807, 2.05) is 30.3 Å². The molecule has 0 spiro atoms. The van der Waals surface area contributed by atoms with E-state index in [1.54, 1.807) is 6.07 Å². The minimum Gasteiger partial charge on any atom is -0.416 e. The second-order valence-electron chi connectivity index (χ2n) is 3.78. The van der Waals surface area contributed by atoms with Gasteiger partial charge in [0.1, 0.15) is 17.7 Å².